The molecular formula is C12H26N2O. The summed E-state index contributed by atoms with van der Waals surface area (Å²) in [7, 11) is 1.72. The monoisotopic (exact) mass is 214 g/mol. The zero-order chi connectivity index (χ0) is 12.1. The smallest absolute Gasteiger partial charge is 0.0538 e. The Hall–Kier alpha value is -0.830. The number of hydrazone groups is 1. The summed E-state index contributed by atoms with van der Waals surface area (Å²) in [6, 6.07) is 0.397. The Morgan fingerprint density at radius 3 is 2.40 bits per heavy atom. The molecule has 0 aliphatic rings. The first kappa shape index (κ1) is 16.6. The van der Waals surface area contributed by atoms with Crippen LogP contribution in [0.15, 0.2) is 17.9 Å². The predicted molar refractivity (Wildman–Crippen MR) is 68.1 cm³/mol. The zero-order valence-corrected chi connectivity index (χ0v) is 10.9. The Balaban J connectivity index is 0. The Morgan fingerprint density at radius 1 is 1.47 bits per heavy atom. The highest BCUT2D eigenvalue weighted by Gasteiger charge is 2.10. The van der Waals surface area contributed by atoms with Crippen LogP contribution in [0.4, 0.5) is 0 Å². The van der Waals surface area contributed by atoms with Crippen LogP contribution in [0, 0.1) is 0 Å². The van der Waals surface area contributed by atoms with Crippen LogP contribution in [-0.4, -0.2) is 31.0 Å². The second-order valence-electron chi connectivity index (χ2n) is 2.78. The van der Waals surface area contributed by atoms with E-state index in [0.29, 0.717) is 6.04 Å². The first-order valence-corrected chi connectivity index (χ1v) is 5.68. The van der Waals surface area contributed by atoms with Gasteiger partial charge in [0.05, 0.1) is 6.04 Å². The molecule has 0 aromatic carbocycles. The molecule has 0 fully saturated rings. The summed E-state index contributed by atoms with van der Waals surface area (Å²) >= 11 is 0. The molecule has 1 unspecified atom stereocenters. The number of methoxy groups -OCH3 is 1. The lowest BCUT2D eigenvalue weighted by Gasteiger charge is -2.24. The second-order valence-corrected chi connectivity index (χ2v) is 2.78. The molecule has 0 saturated heterocycles. The van der Waals surface area contributed by atoms with Crippen molar-refractivity contribution in [3.63, 3.8) is 0 Å². The molecule has 3 heteroatoms. The summed E-state index contributed by atoms with van der Waals surface area (Å²) in [5.41, 5.74) is 0. The molecule has 90 valence electrons. The normalized spacial score (nSPS) is 11.8. The number of hydrogen-bond acceptors (Lipinski definition) is 3. The van der Waals surface area contributed by atoms with Gasteiger partial charge >= 0.3 is 0 Å². The Kier molecular flexibility index (Phi) is 14.6. The first-order chi connectivity index (χ1) is 7.29. The van der Waals surface area contributed by atoms with Crippen molar-refractivity contribution < 1.29 is 4.74 Å². The molecule has 0 spiro atoms. The van der Waals surface area contributed by atoms with E-state index in [9.17, 15) is 0 Å². The highest BCUT2D eigenvalue weighted by Crippen LogP contribution is 2.09. The minimum atomic E-state index is 0.397. The van der Waals surface area contributed by atoms with Gasteiger partial charge in [0.15, 0.2) is 0 Å². The van der Waals surface area contributed by atoms with E-state index in [2.05, 4.69) is 18.6 Å². The maximum absolute atomic E-state index is 5.03. The molecule has 15 heavy (non-hydrogen) atoms. The summed E-state index contributed by atoms with van der Waals surface area (Å²) in [6.07, 6.45) is 5.56. The largest absolute Gasteiger partial charge is 0.385 e. The lowest BCUT2D eigenvalue weighted by atomic mass is 10.1. The molecule has 0 aliphatic carbocycles. The van der Waals surface area contributed by atoms with Crippen molar-refractivity contribution in [1.82, 2.24) is 5.01 Å². The van der Waals surface area contributed by atoms with Crippen molar-refractivity contribution in [2.45, 2.75) is 46.6 Å². The van der Waals surface area contributed by atoms with Crippen LogP contribution in [-0.2, 0) is 4.74 Å². The average Bonchev–Trinajstić information content (AvgIpc) is 2.31. The molecule has 0 aliphatic heterocycles. The molecule has 3 nitrogen and oxygen atoms in total. The molecule has 0 N–H and O–H groups in total. The summed E-state index contributed by atoms with van der Waals surface area (Å²) < 4.78 is 5.03. The van der Waals surface area contributed by atoms with E-state index in [1.54, 1.807) is 19.5 Å². The molecule has 0 saturated carbocycles. The molecular weight excluding hydrogens is 188 g/mol. The second kappa shape index (κ2) is 13.2. The highest BCUT2D eigenvalue weighted by molar-refractivity contribution is 5.52. The molecule has 0 radical (unpaired) electrons. The van der Waals surface area contributed by atoms with Crippen LogP contribution >= 0.6 is 0 Å². The van der Waals surface area contributed by atoms with Crippen molar-refractivity contribution in [2.75, 3.05) is 13.7 Å². The van der Waals surface area contributed by atoms with Crippen LogP contribution in [0.2, 0.25) is 0 Å². The third kappa shape index (κ3) is 8.18. The number of hydrogen-bond donors (Lipinski definition) is 0. The Labute approximate surface area is 94.8 Å². The van der Waals surface area contributed by atoms with Gasteiger partial charge in [-0.25, -0.2) is 0 Å². The third-order valence-corrected chi connectivity index (χ3v) is 1.94. The van der Waals surface area contributed by atoms with E-state index in [-0.39, 0.29) is 0 Å². The van der Waals surface area contributed by atoms with Crippen LogP contribution < -0.4 is 0 Å². The van der Waals surface area contributed by atoms with Gasteiger partial charge in [0.2, 0.25) is 0 Å². The van der Waals surface area contributed by atoms with Crippen molar-refractivity contribution in [3.8, 4) is 0 Å². The highest BCUT2D eigenvalue weighted by atomic mass is 16.5. The predicted octanol–water partition coefficient (Wildman–Crippen LogP) is 3.28. The molecule has 0 rings (SSSR count). The van der Waals surface area contributed by atoms with Crippen molar-refractivity contribution in [2.24, 2.45) is 5.10 Å². The van der Waals surface area contributed by atoms with E-state index in [1.165, 1.54) is 0 Å². The molecule has 0 aromatic heterocycles. The summed E-state index contributed by atoms with van der Waals surface area (Å²) in [6.45, 7) is 12.5. The first-order valence-electron chi connectivity index (χ1n) is 5.68. The van der Waals surface area contributed by atoms with E-state index < -0.39 is 0 Å². The fourth-order valence-electron chi connectivity index (χ4n) is 1.20. The maximum Gasteiger partial charge on any atom is 0.0538 e. The van der Waals surface area contributed by atoms with Gasteiger partial charge in [-0.2, -0.15) is 5.10 Å². The lowest BCUT2D eigenvalue weighted by Crippen LogP contribution is -2.26. The summed E-state index contributed by atoms with van der Waals surface area (Å²) in [5, 5.41) is 6.09. The Bertz CT molecular complexity index is 158. The molecule has 0 aromatic rings. The standard InChI is InChI=1S/C10H20N2O.C2H6/c1-5-10(8-9-13-4)12(7-3)11-6-2;1-2/h6-7,10H,3,5,8-9H2,1-2,4H3;1-2H3/b11-6-;. The number of rotatable bonds is 7. The molecule has 0 amide bonds. The van der Waals surface area contributed by atoms with E-state index in [1.807, 2.05) is 25.8 Å². The fraction of sp³-hybridized carbons (Fsp3) is 0.750. The molecule has 0 bridgehead atoms. The minimum absolute atomic E-state index is 0.397. The minimum Gasteiger partial charge on any atom is -0.385 e. The van der Waals surface area contributed by atoms with Gasteiger partial charge in [-0.3, -0.25) is 5.01 Å². The molecule has 0 heterocycles. The van der Waals surface area contributed by atoms with Gasteiger partial charge in [0, 0.05) is 26.1 Å². The van der Waals surface area contributed by atoms with E-state index >= 15 is 0 Å². The van der Waals surface area contributed by atoms with Crippen LogP contribution in [0.25, 0.3) is 0 Å². The van der Waals surface area contributed by atoms with Crippen molar-refractivity contribution in [1.29, 1.82) is 0 Å². The van der Waals surface area contributed by atoms with Crippen LogP contribution in [0.1, 0.15) is 40.5 Å². The summed E-state index contributed by atoms with van der Waals surface area (Å²) in [5.74, 6) is 0. The topological polar surface area (TPSA) is 24.8 Å². The number of nitrogens with zero attached hydrogens (tertiary/aromatic N) is 2. The third-order valence-electron chi connectivity index (χ3n) is 1.94. The van der Waals surface area contributed by atoms with Crippen LogP contribution in [0.3, 0.4) is 0 Å². The maximum atomic E-state index is 5.03. The van der Waals surface area contributed by atoms with Gasteiger partial charge in [-0.05, 0) is 19.8 Å². The van der Waals surface area contributed by atoms with Gasteiger partial charge in [-0.15, -0.1) is 0 Å². The molecule has 1 atom stereocenters. The Morgan fingerprint density at radius 2 is 2.07 bits per heavy atom. The average molecular weight is 214 g/mol. The van der Waals surface area contributed by atoms with E-state index in [4.69, 9.17) is 4.74 Å². The van der Waals surface area contributed by atoms with Gasteiger partial charge in [0.1, 0.15) is 0 Å². The zero-order valence-electron chi connectivity index (χ0n) is 10.9. The van der Waals surface area contributed by atoms with Gasteiger partial charge in [-0.1, -0.05) is 27.4 Å². The van der Waals surface area contributed by atoms with Gasteiger partial charge in [0.25, 0.3) is 0 Å². The van der Waals surface area contributed by atoms with Gasteiger partial charge < -0.3 is 4.74 Å². The summed E-state index contributed by atoms with van der Waals surface area (Å²) in [4.78, 5) is 0. The SMILES string of the molecule is C=CN(/N=C\C)C(CC)CCOC.CC. The van der Waals surface area contributed by atoms with Crippen molar-refractivity contribution >= 4 is 6.21 Å². The fourth-order valence-corrected chi connectivity index (χ4v) is 1.20. The lowest BCUT2D eigenvalue weighted by molar-refractivity contribution is 0.155. The number of ether oxygens (including phenoxy) is 1. The van der Waals surface area contributed by atoms with Crippen molar-refractivity contribution in [3.05, 3.63) is 12.8 Å². The van der Waals surface area contributed by atoms with Crippen LogP contribution in [0.5, 0.6) is 0 Å². The van der Waals surface area contributed by atoms with E-state index in [0.717, 1.165) is 19.4 Å². The quantitative estimate of drug-likeness (QED) is 0.480.